The summed E-state index contributed by atoms with van der Waals surface area (Å²) in [5, 5.41) is 15.0. The summed E-state index contributed by atoms with van der Waals surface area (Å²) in [7, 11) is -2.92. The first-order chi connectivity index (χ1) is 9.39. The van der Waals surface area contributed by atoms with E-state index in [2.05, 4.69) is 5.32 Å². The number of rotatable bonds is 7. The summed E-state index contributed by atoms with van der Waals surface area (Å²) < 4.78 is 28.4. The third-order valence-electron chi connectivity index (χ3n) is 3.40. The summed E-state index contributed by atoms with van der Waals surface area (Å²) in [6.07, 6.45) is -0.0342. The molecule has 2 atom stereocenters. The minimum Gasteiger partial charge on any atom is -0.389 e. The minimum absolute atomic E-state index is 0.142. The number of sulfone groups is 1. The molecule has 1 aliphatic heterocycles. The molecule has 1 aromatic heterocycles. The van der Waals surface area contributed by atoms with E-state index in [4.69, 9.17) is 4.74 Å². The fourth-order valence-corrected chi connectivity index (χ4v) is 5.03. The van der Waals surface area contributed by atoms with Crippen LogP contribution in [-0.2, 0) is 21.2 Å². The molecule has 0 amide bonds. The first kappa shape index (κ1) is 15.9. The van der Waals surface area contributed by atoms with Crippen molar-refractivity contribution in [1.82, 2.24) is 5.32 Å². The standard InChI is InChI=1S/C13H21NO4S2/c1-13(4-6-20(16,17)10-13)14-7-11(15)8-18-9-12-3-2-5-19-12/h2-3,5,11,14-15H,4,6-10H2,1H3. The van der Waals surface area contributed by atoms with Gasteiger partial charge in [-0.1, -0.05) is 6.07 Å². The molecule has 1 saturated heterocycles. The van der Waals surface area contributed by atoms with E-state index in [0.29, 0.717) is 19.6 Å². The Morgan fingerprint density at radius 3 is 3.00 bits per heavy atom. The Hall–Kier alpha value is -0.470. The molecule has 0 spiro atoms. The zero-order chi connectivity index (χ0) is 14.6. The lowest BCUT2D eigenvalue weighted by Gasteiger charge is -2.25. The number of hydrogen-bond donors (Lipinski definition) is 2. The van der Waals surface area contributed by atoms with E-state index in [1.807, 2.05) is 24.4 Å². The van der Waals surface area contributed by atoms with Crippen LogP contribution in [0.3, 0.4) is 0 Å². The third kappa shape index (κ3) is 4.82. The van der Waals surface area contributed by atoms with Crippen LogP contribution in [0.1, 0.15) is 18.2 Å². The lowest BCUT2D eigenvalue weighted by Crippen LogP contribution is -2.47. The fourth-order valence-electron chi connectivity index (χ4n) is 2.26. The van der Waals surface area contributed by atoms with Gasteiger partial charge in [0, 0.05) is 17.0 Å². The quantitative estimate of drug-likeness (QED) is 0.777. The monoisotopic (exact) mass is 319 g/mol. The second kappa shape index (κ2) is 6.53. The lowest BCUT2D eigenvalue weighted by molar-refractivity contribution is 0.0268. The Morgan fingerprint density at radius 2 is 2.40 bits per heavy atom. The van der Waals surface area contributed by atoms with Gasteiger partial charge in [0.2, 0.25) is 0 Å². The predicted molar refractivity (Wildman–Crippen MR) is 79.7 cm³/mol. The van der Waals surface area contributed by atoms with Gasteiger partial charge >= 0.3 is 0 Å². The van der Waals surface area contributed by atoms with Crippen molar-refractivity contribution in [3.05, 3.63) is 22.4 Å². The molecule has 1 aliphatic rings. The molecule has 1 aromatic rings. The Balaban J connectivity index is 1.66. The van der Waals surface area contributed by atoms with Crippen molar-refractivity contribution in [1.29, 1.82) is 0 Å². The van der Waals surface area contributed by atoms with Crippen LogP contribution in [0.2, 0.25) is 0 Å². The first-order valence-corrected chi connectivity index (χ1v) is 9.32. The van der Waals surface area contributed by atoms with Crippen molar-refractivity contribution < 1.29 is 18.3 Å². The maximum atomic E-state index is 11.5. The maximum Gasteiger partial charge on any atom is 0.152 e. The Labute approximate surface area is 123 Å². The topological polar surface area (TPSA) is 75.6 Å². The summed E-state index contributed by atoms with van der Waals surface area (Å²) in [5.41, 5.74) is -0.423. The van der Waals surface area contributed by atoms with Gasteiger partial charge in [0.25, 0.3) is 0 Å². The van der Waals surface area contributed by atoms with E-state index in [1.54, 1.807) is 11.3 Å². The van der Waals surface area contributed by atoms with Crippen molar-refractivity contribution in [2.24, 2.45) is 0 Å². The van der Waals surface area contributed by atoms with E-state index in [1.165, 1.54) is 0 Å². The van der Waals surface area contributed by atoms with Gasteiger partial charge in [-0.3, -0.25) is 0 Å². The SMILES string of the molecule is CC1(NCC(O)COCc2cccs2)CCS(=O)(=O)C1. The molecule has 0 bridgehead atoms. The average molecular weight is 319 g/mol. The molecule has 0 aromatic carbocycles. The highest BCUT2D eigenvalue weighted by atomic mass is 32.2. The van der Waals surface area contributed by atoms with Crippen molar-refractivity contribution in [3.8, 4) is 0 Å². The van der Waals surface area contributed by atoms with E-state index >= 15 is 0 Å². The van der Waals surface area contributed by atoms with Gasteiger partial charge < -0.3 is 15.2 Å². The molecule has 2 N–H and O–H groups in total. The number of thiophene rings is 1. The lowest BCUT2D eigenvalue weighted by atomic mass is 10.0. The zero-order valence-corrected chi connectivity index (χ0v) is 13.2. The number of aliphatic hydroxyl groups excluding tert-OH is 1. The van der Waals surface area contributed by atoms with Gasteiger partial charge in [0.05, 0.1) is 30.8 Å². The highest BCUT2D eigenvalue weighted by Gasteiger charge is 2.38. The molecule has 7 heteroatoms. The van der Waals surface area contributed by atoms with Crippen molar-refractivity contribution >= 4 is 21.2 Å². The van der Waals surface area contributed by atoms with Gasteiger partial charge in [-0.05, 0) is 24.8 Å². The maximum absolute atomic E-state index is 11.5. The van der Waals surface area contributed by atoms with Crippen LogP contribution in [0.25, 0.3) is 0 Å². The van der Waals surface area contributed by atoms with Crippen molar-refractivity contribution in [2.45, 2.75) is 31.6 Å². The largest absolute Gasteiger partial charge is 0.389 e. The number of β-amino-alcohol motifs (C(OH)–C–C–N with tert-alkyl or cyclic N) is 1. The summed E-state index contributed by atoms with van der Waals surface area (Å²) in [5.74, 6) is 0.365. The van der Waals surface area contributed by atoms with Gasteiger partial charge in [0.1, 0.15) is 0 Å². The molecule has 2 heterocycles. The normalized spacial score (nSPS) is 26.7. The van der Waals surface area contributed by atoms with Crippen molar-refractivity contribution in [3.63, 3.8) is 0 Å². The second-order valence-electron chi connectivity index (χ2n) is 5.53. The summed E-state index contributed by atoms with van der Waals surface area (Å²) in [4.78, 5) is 1.12. The highest BCUT2D eigenvalue weighted by molar-refractivity contribution is 7.91. The highest BCUT2D eigenvalue weighted by Crippen LogP contribution is 2.22. The Bertz CT molecular complexity index is 514. The summed E-state index contributed by atoms with van der Waals surface area (Å²) in [6, 6.07) is 3.95. The van der Waals surface area contributed by atoms with Gasteiger partial charge in [0.15, 0.2) is 9.84 Å². The van der Waals surface area contributed by atoms with Gasteiger partial charge in [-0.15, -0.1) is 11.3 Å². The van der Waals surface area contributed by atoms with E-state index in [0.717, 1.165) is 4.88 Å². The second-order valence-corrected chi connectivity index (χ2v) is 8.75. The molecule has 2 unspecified atom stereocenters. The average Bonchev–Trinajstić information content (AvgIpc) is 2.96. The number of aliphatic hydroxyl groups is 1. The number of ether oxygens (including phenoxy) is 1. The number of nitrogens with one attached hydrogen (secondary N) is 1. The van der Waals surface area contributed by atoms with Crippen LogP contribution in [0, 0.1) is 0 Å². The molecule has 20 heavy (non-hydrogen) atoms. The van der Waals surface area contributed by atoms with E-state index < -0.39 is 21.5 Å². The van der Waals surface area contributed by atoms with Gasteiger partial charge in [-0.25, -0.2) is 8.42 Å². The molecule has 2 rings (SSSR count). The smallest absolute Gasteiger partial charge is 0.152 e. The molecule has 114 valence electrons. The van der Waals surface area contributed by atoms with Crippen LogP contribution in [-0.4, -0.2) is 49.8 Å². The van der Waals surface area contributed by atoms with Crippen LogP contribution in [0.4, 0.5) is 0 Å². The molecular weight excluding hydrogens is 298 g/mol. The molecule has 0 saturated carbocycles. The minimum atomic E-state index is -2.92. The van der Waals surface area contributed by atoms with E-state index in [-0.39, 0.29) is 18.1 Å². The van der Waals surface area contributed by atoms with Crippen LogP contribution in [0.15, 0.2) is 17.5 Å². The van der Waals surface area contributed by atoms with Crippen LogP contribution < -0.4 is 5.32 Å². The predicted octanol–water partition coefficient (Wildman–Crippen LogP) is 0.792. The molecule has 5 nitrogen and oxygen atoms in total. The molecular formula is C13H21NO4S2. The molecule has 0 aliphatic carbocycles. The Kier molecular flexibility index (Phi) is 5.19. The van der Waals surface area contributed by atoms with Gasteiger partial charge in [-0.2, -0.15) is 0 Å². The molecule has 0 radical (unpaired) electrons. The van der Waals surface area contributed by atoms with E-state index in [9.17, 15) is 13.5 Å². The Morgan fingerprint density at radius 1 is 1.60 bits per heavy atom. The van der Waals surface area contributed by atoms with Crippen LogP contribution in [0.5, 0.6) is 0 Å². The summed E-state index contributed by atoms with van der Waals surface area (Å²) >= 11 is 1.62. The molecule has 1 fully saturated rings. The summed E-state index contributed by atoms with van der Waals surface area (Å²) in [6.45, 7) is 2.97. The number of hydrogen-bond acceptors (Lipinski definition) is 6. The van der Waals surface area contributed by atoms with Crippen molar-refractivity contribution in [2.75, 3.05) is 24.7 Å². The third-order valence-corrected chi connectivity index (χ3v) is 6.16. The van der Waals surface area contributed by atoms with Crippen LogP contribution >= 0.6 is 11.3 Å². The first-order valence-electron chi connectivity index (χ1n) is 6.62. The zero-order valence-electron chi connectivity index (χ0n) is 11.5. The fraction of sp³-hybridized carbons (Fsp3) is 0.692.